The van der Waals surface area contributed by atoms with Crippen LogP contribution in [0.2, 0.25) is 0 Å². The maximum atomic E-state index is 13.5. The molecule has 6 nitrogen and oxygen atoms in total. The number of benzene rings is 3. The van der Waals surface area contributed by atoms with Gasteiger partial charge in [0.15, 0.2) is 0 Å². The van der Waals surface area contributed by atoms with Crippen LogP contribution in [-0.4, -0.2) is 30.3 Å². The average Bonchev–Trinajstić information content (AvgIpc) is 3.38. The molecule has 0 saturated carbocycles. The number of hydrogen-bond acceptors (Lipinski definition) is 4. The Balaban J connectivity index is 1.76. The smallest absolute Gasteiger partial charge is 0.277 e. The van der Waals surface area contributed by atoms with Crippen molar-refractivity contribution in [1.82, 2.24) is 10.2 Å². The summed E-state index contributed by atoms with van der Waals surface area (Å²) in [6, 6.07) is 24.8. The number of aromatic amines is 1. The number of para-hydroxylation sites is 1. The quantitative estimate of drug-likeness (QED) is 0.510. The summed E-state index contributed by atoms with van der Waals surface area (Å²) >= 11 is 0. The molecule has 1 aliphatic heterocycles. The van der Waals surface area contributed by atoms with E-state index in [0.717, 1.165) is 28.1 Å². The van der Waals surface area contributed by atoms with Gasteiger partial charge >= 0.3 is 0 Å². The zero-order valence-electron chi connectivity index (χ0n) is 17.2. The number of anilines is 1. The number of methoxy groups -OCH3 is 2. The van der Waals surface area contributed by atoms with Crippen molar-refractivity contribution in [3.05, 3.63) is 95.7 Å². The molecule has 1 aliphatic rings. The summed E-state index contributed by atoms with van der Waals surface area (Å²) in [5.41, 5.74) is 4.69. The van der Waals surface area contributed by atoms with Crippen LogP contribution in [0.1, 0.15) is 27.7 Å². The molecule has 0 saturated heterocycles. The molecule has 0 radical (unpaired) electrons. The number of hydrogen-bond donors (Lipinski definition) is 1. The van der Waals surface area contributed by atoms with Crippen molar-refractivity contribution in [2.75, 3.05) is 19.1 Å². The molecule has 0 aliphatic carbocycles. The van der Waals surface area contributed by atoms with Crippen LogP contribution in [0.15, 0.2) is 78.9 Å². The van der Waals surface area contributed by atoms with Gasteiger partial charge in [0.05, 0.1) is 26.0 Å². The van der Waals surface area contributed by atoms with Gasteiger partial charge in [0.25, 0.3) is 5.91 Å². The number of rotatable bonds is 5. The van der Waals surface area contributed by atoms with E-state index in [2.05, 4.69) is 10.2 Å². The van der Waals surface area contributed by atoms with Gasteiger partial charge in [-0.3, -0.25) is 14.8 Å². The minimum absolute atomic E-state index is 0.126. The minimum atomic E-state index is -0.403. The molecule has 31 heavy (non-hydrogen) atoms. The largest absolute Gasteiger partial charge is 0.497 e. The summed E-state index contributed by atoms with van der Waals surface area (Å²) < 4.78 is 11.1. The highest BCUT2D eigenvalue weighted by atomic mass is 16.5. The fourth-order valence-electron chi connectivity index (χ4n) is 4.16. The van der Waals surface area contributed by atoms with Crippen molar-refractivity contribution in [3.8, 4) is 22.8 Å². The number of amides is 1. The van der Waals surface area contributed by atoms with Crippen LogP contribution in [0.3, 0.4) is 0 Å². The minimum Gasteiger partial charge on any atom is -0.497 e. The van der Waals surface area contributed by atoms with Gasteiger partial charge in [-0.25, -0.2) is 0 Å². The molecule has 2 heterocycles. The Labute approximate surface area is 180 Å². The normalized spacial score (nSPS) is 15.1. The van der Waals surface area contributed by atoms with Gasteiger partial charge in [-0.15, -0.1) is 0 Å². The Morgan fingerprint density at radius 3 is 2.29 bits per heavy atom. The number of carbonyl (C=O) groups is 1. The summed E-state index contributed by atoms with van der Waals surface area (Å²) in [6.07, 6.45) is 0. The predicted molar refractivity (Wildman–Crippen MR) is 119 cm³/mol. The first kappa shape index (κ1) is 18.9. The van der Waals surface area contributed by atoms with E-state index in [4.69, 9.17) is 9.47 Å². The molecule has 1 aromatic heterocycles. The SMILES string of the molecule is COc1ccc([C@H]2c3c(-c4ccccc4)n[nH]c3C(=O)N2c2ccccc2)c(OC)c1. The van der Waals surface area contributed by atoms with Gasteiger partial charge in [-0.1, -0.05) is 48.5 Å². The van der Waals surface area contributed by atoms with Gasteiger partial charge < -0.3 is 9.47 Å². The molecule has 1 N–H and O–H groups in total. The number of H-pyrrole nitrogens is 1. The van der Waals surface area contributed by atoms with Gasteiger partial charge in [0.2, 0.25) is 0 Å². The van der Waals surface area contributed by atoms with Crippen LogP contribution in [0.5, 0.6) is 11.5 Å². The second-order valence-electron chi connectivity index (χ2n) is 7.25. The molecule has 6 heteroatoms. The van der Waals surface area contributed by atoms with E-state index >= 15 is 0 Å². The molecular formula is C25H21N3O3. The van der Waals surface area contributed by atoms with Gasteiger partial charge in [0, 0.05) is 28.4 Å². The van der Waals surface area contributed by atoms with E-state index in [1.807, 2.05) is 78.9 Å². The Morgan fingerprint density at radius 1 is 0.903 bits per heavy atom. The summed E-state index contributed by atoms with van der Waals surface area (Å²) in [4.78, 5) is 15.3. The third kappa shape index (κ3) is 3.04. The lowest BCUT2D eigenvalue weighted by Crippen LogP contribution is -2.29. The summed E-state index contributed by atoms with van der Waals surface area (Å²) in [6.45, 7) is 0. The Morgan fingerprint density at radius 2 is 1.61 bits per heavy atom. The number of fused-ring (bicyclic) bond motifs is 1. The van der Waals surface area contributed by atoms with Crippen molar-refractivity contribution >= 4 is 11.6 Å². The van der Waals surface area contributed by atoms with Gasteiger partial charge in [-0.2, -0.15) is 5.10 Å². The van der Waals surface area contributed by atoms with Crippen molar-refractivity contribution in [1.29, 1.82) is 0 Å². The van der Waals surface area contributed by atoms with Crippen molar-refractivity contribution in [2.24, 2.45) is 0 Å². The molecule has 0 fully saturated rings. The van der Waals surface area contributed by atoms with Crippen molar-refractivity contribution < 1.29 is 14.3 Å². The predicted octanol–water partition coefficient (Wildman–Crippen LogP) is 4.84. The Hall–Kier alpha value is -4.06. The number of nitrogens with zero attached hydrogens (tertiary/aromatic N) is 2. The summed E-state index contributed by atoms with van der Waals surface area (Å²) in [5.74, 6) is 1.21. The molecule has 0 bridgehead atoms. The standard InChI is InChI=1S/C25H21N3O3/c1-30-18-13-14-19(20(15-18)31-2)24-21-22(16-9-5-3-6-10-16)26-27-23(21)25(29)28(24)17-11-7-4-8-12-17/h3-15,24H,1-2H3,(H,26,27)/t24-/m0/s1. The van der Waals surface area contributed by atoms with E-state index in [1.54, 1.807) is 19.1 Å². The first-order chi connectivity index (χ1) is 15.2. The lowest BCUT2D eigenvalue weighted by Gasteiger charge is -2.27. The second-order valence-corrected chi connectivity index (χ2v) is 7.25. The topological polar surface area (TPSA) is 67.5 Å². The summed E-state index contributed by atoms with van der Waals surface area (Å²) in [5, 5.41) is 7.50. The Bertz CT molecular complexity index is 1240. The maximum Gasteiger partial charge on any atom is 0.277 e. The fourth-order valence-corrected chi connectivity index (χ4v) is 4.16. The van der Waals surface area contributed by atoms with E-state index in [9.17, 15) is 4.79 Å². The molecular weight excluding hydrogens is 390 g/mol. The fraction of sp³-hybridized carbons (Fsp3) is 0.120. The summed E-state index contributed by atoms with van der Waals surface area (Å²) in [7, 11) is 3.24. The number of nitrogens with one attached hydrogen (secondary N) is 1. The van der Waals surface area contributed by atoms with Crippen LogP contribution in [0.25, 0.3) is 11.3 Å². The van der Waals surface area contributed by atoms with E-state index < -0.39 is 6.04 Å². The molecule has 3 aromatic carbocycles. The van der Waals surface area contributed by atoms with Crippen LogP contribution in [-0.2, 0) is 0 Å². The number of ether oxygens (including phenoxy) is 2. The first-order valence-corrected chi connectivity index (χ1v) is 9.97. The van der Waals surface area contributed by atoms with Crippen LogP contribution >= 0.6 is 0 Å². The third-order valence-corrected chi connectivity index (χ3v) is 5.59. The molecule has 0 spiro atoms. The zero-order chi connectivity index (χ0) is 21.4. The van der Waals surface area contributed by atoms with Crippen molar-refractivity contribution in [2.45, 2.75) is 6.04 Å². The number of aromatic nitrogens is 2. The molecule has 0 unspecified atom stereocenters. The van der Waals surface area contributed by atoms with E-state index in [0.29, 0.717) is 17.2 Å². The third-order valence-electron chi connectivity index (χ3n) is 5.59. The highest BCUT2D eigenvalue weighted by Gasteiger charge is 2.44. The van der Waals surface area contributed by atoms with Crippen LogP contribution in [0, 0.1) is 0 Å². The monoisotopic (exact) mass is 411 g/mol. The number of carbonyl (C=O) groups excluding carboxylic acids is 1. The molecule has 5 rings (SSSR count). The second kappa shape index (κ2) is 7.65. The lowest BCUT2D eigenvalue weighted by atomic mass is 9.95. The highest BCUT2D eigenvalue weighted by Crippen LogP contribution is 2.47. The van der Waals surface area contributed by atoms with Gasteiger partial charge in [0.1, 0.15) is 17.2 Å². The molecule has 1 atom stereocenters. The molecule has 154 valence electrons. The maximum absolute atomic E-state index is 13.5. The highest BCUT2D eigenvalue weighted by molar-refractivity contribution is 6.11. The lowest BCUT2D eigenvalue weighted by molar-refractivity contribution is 0.0988. The van der Waals surface area contributed by atoms with E-state index in [-0.39, 0.29) is 5.91 Å². The zero-order valence-corrected chi connectivity index (χ0v) is 17.2. The van der Waals surface area contributed by atoms with Crippen LogP contribution < -0.4 is 14.4 Å². The van der Waals surface area contributed by atoms with E-state index in [1.165, 1.54) is 0 Å². The molecule has 1 amide bonds. The Kier molecular flexibility index (Phi) is 4.67. The molecule has 4 aromatic rings. The van der Waals surface area contributed by atoms with Gasteiger partial charge in [-0.05, 0) is 24.3 Å². The van der Waals surface area contributed by atoms with Crippen molar-refractivity contribution in [3.63, 3.8) is 0 Å². The van der Waals surface area contributed by atoms with Crippen LogP contribution in [0.4, 0.5) is 5.69 Å². The first-order valence-electron chi connectivity index (χ1n) is 9.97. The average molecular weight is 411 g/mol.